The van der Waals surface area contributed by atoms with Crippen molar-refractivity contribution in [3.05, 3.63) is 17.5 Å². The largest absolute Gasteiger partial charge is 0.351 e. The van der Waals surface area contributed by atoms with E-state index in [0.29, 0.717) is 18.2 Å². The fourth-order valence-electron chi connectivity index (χ4n) is 1.88. The molecule has 0 spiro atoms. The highest BCUT2D eigenvalue weighted by Gasteiger charge is 2.18. The molecule has 94 valence electrons. The summed E-state index contributed by atoms with van der Waals surface area (Å²) in [6.07, 6.45) is 1.12. The SMILES string of the molecule is CC(C)c1cc(C(=O)NC[C@H]2CCNC2)on1. The van der Waals surface area contributed by atoms with Crippen molar-refractivity contribution < 1.29 is 9.32 Å². The number of aromatic nitrogens is 1. The van der Waals surface area contributed by atoms with Crippen LogP contribution in [0.3, 0.4) is 0 Å². The number of amides is 1. The van der Waals surface area contributed by atoms with Crippen LogP contribution >= 0.6 is 0 Å². The maximum absolute atomic E-state index is 11.8. The molecule has 1 aliphatic rings. The van der Waals surface area contributed by atoms with E-state index in [0.717, 1.165) is 25.2 Å². The lowest BCUT2D eigenvalue weighted by Gasteiger charge is -2.07. The Morgan fingerprint density at radius 2 is 2.53 bits per heavy atom. The van der Waals surface area contributed by atoms with Crippen LogP contribution in [-0.4, -0.2) is 30.7 Å². The molecule has 1 amide bonds. The molecule has 1 aromatic rings. The van der Waals surface area contributed by atoms with Crippen molar-refractivity contribution in [3.8, 4) is 0 Å². The second-order valence-corrected chi connectivity index (χ2v) is 4.84. The third kappa shape index (κ3) is 3.06. The van der Waals surface area contributed by atoms with Gasteiger partial charge < -0.3 is 15.2 Å². The summed E-state index contributed by atoms with van der Waals surface area (Å²) in [5.74, 6) is 0.946. The second kappa shape index (κ2) is 5.31. The standard InChI is InChI=1S/C12H19N3O2/c1-8(2)10-5-11(17-15-10)12(16)14-7-9-3-4-13-6-9/h5,8-9,13H,3-4,6-7H2,1-2H3,(H,14,16)/t9-/m0/s1. The van der Waals surface area contributed by atoms with Gasteiger partial charge >= 0.3 is 0 Å². The fraction of sp³-hybridized carbons (Fsp3) is 0.667. The Hall–Kier alpha value is -1.36. The molecule has 0 bridgehead atoms. The molecule has 1 fully saturated rings. The molecular weight excluding hydrogens is 218 g/mol. The van der Waals surface area contributed by atoms with Gasteiger partial charge in [0.2, 0.25) is 5.76 Å². The first kappa shape index (κ1) is 12.1. The molecule has 2 rings (SSSR count). The Balaban J connectivity index is 1.85. The minimum absolute atomic E-state index is 0.170. The molecule has 2 N–H and O–H groups in total. The number of nitrogens with zero attached hydrogens (tertiary/aromatic N) is 1. The lowest BCUT2D eigenvalue weighted by molar-refractivity contribution is 0.0911. The summed E-state index contributed by atoms with van der Waals surface area (Å²) in [7, 11) is 0. The zero-order valence-electron chi connectivity index (χ0n) is 10.3. The number of carbonyl (C=O) groups excluding carboxylic acids is 1. The van der Waals surface area contributed by atoms with Crippen LogP contribution in [-0.2, 0) is 0 Å². The summed E-state index contributed by atoms with van der Waals surface area (Å²) >= 11 is 0. The molecule has 0 aliphatic carbocycles. The van der Waals surface area contributed by atoms with Crippen LogP contribution in [0.1, 0.15) is 42.4 Å². The summed E-state index contributed by atoms with van der Waals surface area (Å²) in [6, 6.07) is 1.72. The summed E-state index contributed by atoms with van der Waals surface area (Å²) in [5.41, 5.74) is 0.817. The van der Waals surface area contributed by atoms with Crippen LogP contribution in [0.25, 0.3) is 0 Å². The number of hydrogen-bond donors (Lipinski definition) is 2. The van der Waals surface area contributed by atoms with Gasteiger partial charge in [-0.3, -0.25) is 4.79 Å². The van der Waals surface area contributed by atoms with Crippen molar-refractivity contribution in [2.75, 3.05) is 19.6 Å². The van der Waals surface area contributed by atoms with Crippen LogP contribution < -0.4 is 10.6 Å². The summed E-state index contributed by atoms with van der Waals surface area (Å²) in [4.78, 5) is 11.8. The first-order chi connectivity index (χ1) is 8.16. The molecule has 1 aromatic heterocycles. The van der Waals surface area contributed by atoms with E-state index in [2.05, 4.69) is 15.8 Å². The van der Waals surface area contributed by atoms with E-state index >= 15 is 0 Å². The first-order valence-corrected chi connectivity index (χ1v) is 6.12. The number of hydrogen-bond acceptors (Lipinski definition) is 4. The van der Waals surface area contributed by atoms with Crippen LogP contribution in [0, 0.1) is 5.92 Å². The van der Waals surface area contributed by atoms with E-state index in [9.17, 15) is 4.79 Å². The molecule has 0 aromatic carbocycles. The molecule has 0 unspecified atom stereocenters. The van der Waals surface area contributed by atoms with E-state index in [4.69, 9.17) is 4.52 Å². The molecule has 1 atom stereocenters. The van der Waals surface area contributed by atoms with Gasteiger partial charge in [0.25, 0.3) is 5.91 Å². The fourth-order valence-corrected chi connectivity index (χ4v) is 1.88. The van der Waals surface area contributed by atoms with Gasteiger partial charge in [-0.2, -0.15) is 0 Å². The minimum Gasteiger partial charge on any atom is -0.351 e. The summed E-state index contributed by atoms with van der Waals surface area (Å²) in [6.45, 7) is 6.76. The van der Waals surface area contributed by atoms with Crippen molar-refractivity contribution in [1.82, 2.24) is 15.8 Å². The third-order valence-corrected chi connectivity index (χ3v) is 3.06. The predicted molar refractivity (Wildman–Crippen MR) is 63.9 cm³/mol. The number of carbonyl (C=O) groups is 1. The minimum atomic E-state index is -0.170. The predicted octanol–water partition coefficient (Wildman–Crippen LogP) is 1.14. The number of nitrogens with one attached hydrogen (secondary N) is 2. The average Bonchev–Trinajstić information content (AvgIpc) is 2.96. The van der Waals surface area contributed by atoms with E-state index in [1.54, 1.807) is 6.07 Å². The molecule has 1 saturated heterocycles. The highest BCUT2D eigenvalue weighted by molar-refractivity contribution is 5.91. The van der Waals surface area contributed by atoms with Crippen LogP contribution in [0.2, 0.25) is 0 Å². The lowest BCUT2D eigenvalue weighted by Crippen LogP contribution is -2.29. The van der Waals surface area contributed by atoms with E-state index in [-0.39, 0.29) is 11.8 Å². The highest BCUT2D eigenvalue weighted by Crippen LogP contribution is 2.14. The maximum atomic E-state index is 11.8. The second-order valence-electron chi connectivity index (χ2n) is 4.84. The normalized spacial score (nSPS) is 19.8. The van der Waals surface area contributed by atoms with Gasteiger partial charge in [-0.15, -0.1) is 0 Å². The van der Waals surface area contributed by atoms with E-state index < -0.39 is 0 Å². The molecule has 17 heavy (non-hydrogen) atoms. The van der Waals surface area contributed by atoms with Gasteiger partial charge in [-0.05, 0) is 31.3 Å². The van der Waals surface area contributed by atoms with Gasteiger partial charge in [0, 0.05) is 12.6 Å². The monoisotopic (exact) mass is 237 g/mol. The van der Waals surface area contributed by atoms with Gasteiger partial charge in [0.15, 0.2) is 0 Å². The highest BCUT2D eigenvalue weighted by atomic mass is 16.5. The maximum Gasteiger partial charge on any atom is 0.289 e. The van der Waals surface area contributed by atoms with Crippen LogP contribution in [0.5, 0.6) is 0 Å². The van der Waals surface area contributed by atoms with Crippen molar-refractivity contribution >= 4 is 5.91 Å². The summed E-state index contributed by atoms with van der Waals surface area (Å²) in [5, 5.41) is 10.0. The summed E-state index contributed by atoms with van der Waals surface area (Å²) < 4.78 is 5.03. The Bertz CT molecular complexity index is 381. The third-order valence-electron chi connectivity index (χ3n) is 3.06. The molecule has 5 nitrogen and oxygen atoms in total. The van der Waals surface area contributed by atoms with Gasteiger partial charge in [0.05, 0.1) is 5.69 Å². The molecule has 1 aliphatic heterocycles. The van der Waals surface area contributed by atoms with Crippen molar-refractivity contribution in [3.63, 3.8) is 0 Å². The van der Waals surface area contributed by atoms with Crippen LogP contribution in [0.15, 0.2) is 10.6 Å². The Morgan fingerprint density at radius 3 is 3.12 bits per heavy atom. The molecule has 0 radical (unpaired) electrons. The smallest absolute Gasteiger partial charge is 0.289 e. The Labute approximate surface area is 101 Å². The topological polar surface area (TPSA) is 67.2 Å². The average molecular weight is 237 g/mol. The Morgan fingerprint density at radius 1 is 1.71 bits per heavy atom. The molecule has 5 heteroatoms. The van der Waals surface area contributed by atoms with Crippen LogP contribution in [0.4, 0.5) is 0 Å². The zero-order valence-corrected chi connectivity index (χ0v) is 10.3. The van der Waals surface area contributed by atoms with E-state index in [1.807, 2.05) is 13.8 Å². The van der Waals surface area contributed by atoms with Crippen molar-refractivity contribution in [2.45, 2.75) is 26.2 Å². The molecule has 2 heterocycles. The number of rotatable bonds is 4. The lowest BCUT2D eigenvalue weighted by atomic mass is 10.1. The first-order valence-electron chi connectivity index (χ1n) is 6.12. The zero-order chi connectivity index (χ0) is 12.3. The molecular formula is C12H19N3O2. The van der Waals surface area contributed by atoms with Gasteiger partial charge in [-0.1, -0.05) is 19.0 Å². The van der Waals surface area contributed by atoms with Crippen molar-refractivity contribution in [1.29, 1.82) is 0 Å². The van der Waals surface area contributed by atoms with Gasteiger partial charge in [0.1, 0.15) is 0 Å². The molecule has 0 saturated carbocycles. The Kier molecular flexibility index (Phi) is 3.78. The van der Waals surface area contributed by atoms with E-state index in [1.165, 1.54) is 0 Å². The van der Waals surface area contributed by atoms with Crippen molar-refractivity contribution in [2.24, 2.45) is 5.92 Å². The van der Waals surface area contributed by atoms with Gasteiger partial charge in [-0.25, -0.2) is 0 Å². The quantitative estimate of drug-likeness (QED) is 0.824.